The SMILES string of the molecule is CCN(CCOC)S(=O)(=O)c1ccc(S(N)(=O)=O)cc1F. The maximum atomic E-state index is 13.9. The number of rotatable bonds is 7. The molecule has 0 aliphatic heterocycles. The quantitative estimate of drug-likeness (QED) is 0.759. The first-order chi connectivity index (χ1) is 9.64. The molecule has 7 nitrogen and oxygen atoms in total. The highest BCUT2D eigenvalue weighted by Gasteiger charge is 2.27. The van der Waals surface area contributed by atoms with Gasteiger partial charge in [-0.25, -0.2) is 26.4 Å². The summed E-state index contributed by atoms with van der Waals surface area (Å²) < 4.78 is 66.6. The van der Waals surface area contributed by atoms with E-state index in [2.05, 4.69) is 0 Å². The van der Waals surface area contributed by atoms with E-state index < -0.39 is 35.7 Å². The number of sulfonamides is 2. The van der Waals surface area contributed by atoms with E-state index in [0.717, 1.165) is 16.4 Å². The molecule has 0 atom stereocenters. The van der Waals surface area contributed by atoms with Gasteiger partial charge in [-0.05, 0) is 18.2 Å². The summed E-state index contributed by atoms with van der Waals surface area (Å²) in [6, 6.07) is 2.43. The zero-order valence-corrected chi connectivity index (χ0v) is 13.2. The summed E-state index contributed by atoms with van der Waals surface area (Å²) in [7, 11) is -6.75. The minimum Gasteiger partial charge on any atom is -0.383 e. The number of halogens is 1. The Bertz CT molecular complexity index is 703. The molecule has 0 radical (unpaired) electrons. The van der Waals surface area contributed by atoms with E-state index >= 15 is 0 Å². The van der Waals surface area contributed by atoms with Gasteiger partial charge in [0.2, 0.25) is 20.0 Å². The average Bonchev–Trinajstić information content (AvgIpc) is 2.37. The third kappa shape index (κ3) is 4.20. The van der Waals surface area contributed by atoms with Crippen LogP contribution in [0.3, 0.4) is 0 Å². The largest absolute Gasteiger partial charge is 0.383 e. The molecule has 0 aliphatic rings. The van der Waals surface area contributed by atoms with Crippen molar-refractivity contribution in [3.8, 4) is 0 Å². The van der Waals surface area contributed by atoms with Crippen molar-refractivity contribution in [1.82, 2.24) is 4.31 Å². The smallest absolute Gasteiger partial charge is 0.246 e. The third-order valence-electron chi connectivity index (χ3n) is 2.75. The number of hydrogen-bond donors (Lipinski definition) is 1. The van der Waals surface area contributed by atoms with Gasteiger partial charge in [-0.15, -0.1) is 0 Å². The lowest BCUT2D eigenvalue weighted by atomic mass is 10.3. The first kappa shape index (κ1) is 18.0. The third-order valence-corrected chi connectivity index (χ3v) is 5.67. The van der Waals surface area contributed by atoms with Gasteiger partial charge in [0.15, 0.2) is 0 Å². The Hall–Kier alpha value is -1.07. The van der Waals surface area contributed by atoms with Gasteiger partial charge < -0.3 is 4.74 Å². The molecule has 0 spiro atoms. The molecule has 0 aliphatic carbocycles. The van der Waals surface area contributed by atoms with Crippen LogP contribution in [0.5, 0.6) is 0 Å². The van der Waals surface area contributed by atoms with Gasteiger partial charge in [-0.2, -0.15) is 4.31 Å². The van der Waals surface area contributed by atoms with Crippen LogP contribution in [0.1, 0.15) is 6.92 Å². The lowest BCUT2D eigenvalue weighted by molar-refractivity contribution is 0.180. The lowest BCUT2D eigenvalue weighted by Gasteiger charge is -2.20. The van der Waals surface area contributed by atoms with Crippen LogP contribution in [0.2, 0.25) is 0 Å². The molecule has 10 heteroatoms. The maximum absolute atomic E-state index is 13.9. The standard InChI is InChI=1S/C11H17FN2O5S2/c1-3-14(6-7-19-2)21(17,18)11-5-4-9(8-10(11)12)20(13,15)16/h4-5,8H,3,6-7H2,1-2H3,(H2,13,15,16). The summed E-state index contributed by atoms with van der Waals surface area (Å²) in [6.07, 6.45) is 0. The number of benzene rings is 1. The first-order valence-electron chi connectivity index (χ1n) is 5.96. The van der Waals surface area contributed by atoms with Crippen LogP contribution in [-0.2, 0) is 24.8 Å². The van der Waals surface area contributed by atoms with Crippen molar-refractivity contribution >= 4 is 20.0 Å². The average molecular weight is 340 g/mol. The maximum Gasteiger partial charge on any atom is 0.246 e. The second-order valence-corrected chi connectivity index (χ2v) is 7.59. The van der Waals surface area contributed by atoms with Crippen LogP contribution in [0.4, 0.5) is 4.39 Å². The Morgan fingerprint density at radius 2 is 1.90 bits per heavy atom. The Kier molecular flexibility index (Phi) is 5.82. The molecule has 21 heavy (non-hydrogen) atoms. The number of primary sulfonamides is 1. The number of nitrogens with two attached hydrogens (primary N) is 1. The van der Waals surface area contributed by atoms with Crippen molar-refractivity contribution in [2.45, 2.75) is 16.7 Å². The van der Waals surface area contributed by atoms with E-state index in [1.807, 2.05) is 0 Å². The highest BCUT2D eigenvalue weighted by molar-refractivity contribution is 7.89. The second-order valence-electron chi connectivity index (χ2n) is 4.13. The molecule has 0 aromatic heterocycles. The monoisotopic (exact) mass is 340 g/mol. The van der Waals surface area contributed by atoms with Crippen LogP contribution in [-0.4, -0.2) is 47.9 Å². The van der Waals surface area contributed by atoms with Gasteiger partial charge in [0.25, 0.3) is 0 Å². The second kappa shape index (κ2) is 6.79. The first-order valence-corrected chi connectivity index (χ1v) is 8.94. The normalized spacial score (nSPS) is 12.8. The fourth-order valence-corrected chi connectivity index (χ4v) is 3.65. The number of ether oxygens (including phenoxy) is 1. The zero-order valence-electron chi connectivity index (χ0n) is 11.6. The number of methoxy groups -OCH3 is 1. The van der Waals surface area contributed by atoms with Gasteiger partial charge in [0.05, 0.1) is 11.5 Å². The Labute approximate surface area is 123 Å². The topological polar surface area (TPSA) is 107 Å². The predicted octanol–water partition coefficient (Wildman–Crippen LogP) is 0.130. The molecular formula is C11H17FN2O5S2. The summed E-state index contributed by atoms with van der Waals surface area (Å²) in [4.78, 5) is -1.09. The molecule has 0 unspecified atom stereocenters. The summed E-state index contributed by atoms with van der Waals surface area (Å²) in [5.74, 6) is -1.17. The summed E-state index contributed by atoms with van der Waals surface area (Å²) in [5, 5.41) is 4.87. The minimum absolute atomic E-state index is 0.0612. The Morgan fingerprint density at radius 3 is 2.33 bits per heavy atom. The highest BCUT2D eigenvalue weighted by atomic mass is 32.2. The molecule has 1 aromatic carbocycles. The molecular weight excluding hydrogens is 323 g/mol. The van der Waals surface area contributed by atoms with E-state index in [4.69, 9.17) is 9.88 Å². The highest BCUT2D eigenvalue weighted by Crippen LogP contribution is 2.21. The van der Waals surface area contributed by atoms with Crippen LogP contribution in [0.25, 0.3) is 0 Å². The van der Waals surface area contributed by atoms with Crippen molar-refractivity contribution in [1.29, 1.82) is 0 Å². The molecule has 0 saturated heterocycles. The van der Waals surface area contributed by atoms with Gasteiger partial charge in [-0.1, -0.05) is 6.92 Å². The minimum atomic E-state index is -4.10. The fourth-order valence-electron chi connectivity index (χ4n) is 1.65. The molecule has 0 saturated carbocycles. The fraction of sp³-hybridized carbons (Fsp3) is 0.455. The van der Waals surface area contributed by atoms with Gasteiger partial charge in [0, 0.05) is 20.2 Å². The van der Waals surface area contributed by atoms with Crippen LogP contribution in [0.15, 0.2) is 28.0 Å². The summed E-state index contributed by atoms with van der Waals surface area (Å²) in [6.45, 7) is 1.95. The van der Waals surface area contributed by atoms with E-state index in [1.54, 1.807) is 6.92 Å². The molecule has 1 rings (SSSR count). The van der Waals surface area contributed by atoms with Crippen molar-refractivity contribution in [2.24, 2.45) is 5.14 Å². The number of likely N-dealkylation sites (N-methyl/N-ethyl adjacent to an activating group) is 1. The molecule has 0 fully saturated rings. The van der Waals surface area contributed by atoms with Crippen LogP contribution >= 0.6 is 0 Å². The van der Waals surface area contributed by atoms with Crippen molar-refractivity contribution in [2.75, 3.05) is 26.8 Å². The summed E-state index contributed by atoms with van der Waals surface area (Å²) >= 11 is 0. The zero-order chi connectivity index (χ0) is 16.3. The van der Waals surface area contributed by atoms with Crippen LogP contribution < -0.4 is 5.14 Å². The Balaban J connectivity index is 3.26. The lowest BCUT2D eigenvalue weighted by Crippen LogP contribution is -2.34. The van der Waals surface area contributed by atoms with E-state index in [0.29, 0.717) is 6.07 Å². The van der Waals surface area contributed by atoms with E-state index in [-0.39, 0.29) is 19.7 Å². The Morgan fingerprint density at radius 1 is 1.29 bits per heavy atom. The molecule has 2 N–H and O–H groups in total. The van der Waals surface area contributed by atoms with Crippen LogP contribution in [0, 0.1) is 5.82 Å². The molecule has 0 amide bonds. The summed E-state index contributed by atoms with van der Waals surface area (Å²) in [5.41, 5.74) is 0. The number of nitrogens with zero attached hydrogens (tertiary/aromatic N) is 1. The molecule has 0 heterocycles. The van der Waals surface area contributed by atoms with Gasteiger partial charge >= 0.3 is 0 Å². The molecule has 0 bridgehead atoms. The van der Waals surface area contributed by atoms with Gasteiger partial charge in [0.1, 0.15) is 10.7 Å². The van der Waals surface area contributed by atoms with Crippen molar-refractivity contribution in [3.05, 3.63) is 24.0 Å². The van der Waals surface area contributed by atoms with E-state index in [9.17, 15) is 21.2 Å². The number of hydrogen-bond acceptors (Lipinski definition) is 5. The van der Waals surface area contributed by atoms with E-state index in [1.165, 1.54) is 7.11 Å². The van der Waals surface area contributed by atoms with Gasteiger partial charge in [-0.3, -0.25) is 0 Å². The van der Waals surface area contributed by atoms with Crippen molar-refractivity contribution < 1.29 is 26.0 Å². The van der Waals surface area contributed by atoms with Crippen molar-refractivity contribution in [3.63, 3.8) is 0 Å². The molecule has 1 aromatic rings. The predicted molar refractivity (Wildman–Crippen MR) is 74.1 cm³/mol. The molecule has 120 valence electrons.